The number of benzene rings is 1. The van der Waals surface area contributed by atoms with E-state index in [0.717, 1.165) is 17.9 Å². The van der Waals surface area contributed by atoms with Gasteiger partial charge in [-0.25, -0.2) is 4.79 Å². The highest BCUT2D eigenvalue weighted by atomic mass is 32.2. The first-order valence-electron chi connectivity index (χ1n) is 6.59. The van der Waals surface area contributed by atoms with E-state index in [1.54, 1.807) is 6.92 Å². The molecule has 0 atom stereocenters. The molecule has 0 radical (unpaired) electrons. The lowest BCUT2D eigenvalue weighted by molar-refractivity contribution is 0.478. The van der Waals surface area contributed by atoms with Crippen LogP contribution in [0.4, 0.5) is 0 Å². The zero-order valence-corrected chi connectivity index (χ0v) is 12.1. The summed E-state index contributed by atoms with van der Waals surface area (Å²) in [6, 6.07) is 11.9. The van der Waals surface area contributed by atoms with Gasteiger partial charge in [-0.3, -0.25) is 4.99 Å². The third kappa shape index (κ3) is 2.70. The van der Waals surface area contributed by atoms with Gasteiger partial charge >= 0.3 is 5.63 Å². The molecule has 0 fully saturated rings. The van der Waals surface area contributed by atoms with E-state index >= 15 is 0 Å². The molecule has 2 aromatic rings. The molecule has 0 N–H and O–H groups in total. The summed E-state index contributed by atoms with van der Waals surface area (Å²) < 4.78 is 5.16. The van der Waals surface area contributed by atoms with Crippen LogP contribution in [0.2, 0.25) is 0 Å². The Labute approximate surface area is 121 Å². The number of hydrogen-bond acceptors (Lipinski definition) is 4. The number of aliphatic imine (C=N–C) groups is 1. The molecule has 0 saturated carbocycles. The van der Waals surface area contributed by atoms with Crippen LogP contribution in [0.3, 0.4) is 0 Å². The smallest absolute Gasteiger partial charge is 0.345 e. The second-order valence-electron chi connectivity index (χ2n) is 4.72. The van der Waals surface area contributed by atoms with Crippen molar-refractivity contribution in [2.75, 3.05) is 5.75 Å². The highest BCUT2D eigenvalue weighted by Gasteiger charge is 2.13. The Morgan fingerprint density at radius 1 is 1.20 bits per heavy atom. The Hall–Kier alpha value is -1.81. The molecule has 0 bridgehead atoms. The van der Waals surface area contributed by atoms with E-state index in [0.29, 0.717) is 17.9 Å². The fraction of sp³-hybridized carbons (Fsp3) is 0.250. The highest BCUT2D eigenvalue weighted by Crippen LogP contribution is 2.26. The Morgan fingerprint density at radius 3 is 2.90 bits per heavy atom. The first-order chi connectivity index (χ1) is 9.74. The SMILES string of the molecule is Cc1ccc(C2=NCc3ccccc3SCC2)c(=O)o1. The van der Waals surface area contributed by atoms with Crippen molar-refractivity contribution in [3.05, 3.63) is 63.7 Å². The third-order valence-electron chi connectivity index (χ3n) is 3.28. The predicted octanol–water partition coefficient (Wildman–Crippen LogP) is 3.43. The fourth-order valence-corrected chi connectivity index (χ4v) is 3.24. The minimum absolute atomic E-state index is 0.289. The lowest BCUT2D eigenvalue weighted by atomic mass is 10.1. The zero-order valence-electron chi connectivity index (χ0n) is 11.3. The average Bonchev–Trinajstić information content (AvgIpc) is 2.41. The maximum atomic E-state index is 11.9. The van der Waals surface area contributed by atoms with E-state index in [9.17, 15) is 4.79 Å². The predicted molar refractivity (Wildman–Crippen MR) is 81.7 cm³/mol. The number of fused-ring (bicyclic) bond motifs is 1. The van der Waals surface area contributed by atoms with Gasteiger partial charge in [-0.2, -0.15) is 0 Å². The fourth-order valence-electron chi connectivity index (χ4n) is 2.23. The minimum atomic E-state index is -0.289. The summed E-state index contributed by atoms with van der Waals surface area (Å²) in [5, 5.41) is 0. The van der Waals surface area contributed by atoms with Crippen LogP contribution in [-0.2, 0) is 6.54 Å². The van der Waals surface area contributed by atoms with Gasteiger partial charge < -0.3 is 4.42 Å². The Morgan fingerprint density at radius 2 is 2.05 bits per heavy atom. The molecule has 20 heavy (non-hydrogen) atoms. The van der Waals surface area contributed by atoms with Crippen LogP contribution in [0.5, 0.6) is 0 Å². The molecule has 0 spiro atoms. The molecule has 3 nitrogen and oxygen atoms in total. The van der Waals surface area contributed by atoms with E-state index in [4.69, 9.17) is 4.42 Å². The van der Waals surface area contributed by atoms with E-state index in [-0.39, 0.29) is 5.63 Å². The van der Waals surface area contributed by atoms with Gasteiger partial charge in [0.2, 0.25) is 0 Å². The van der Waals surface area contributed by atoms with Crippen LogP contribution in [0.15, 0.2) is 55.5 Å². The second-order valence-corrected chi connectivity index (χ2v) is 5.85. The van der Waals surface area contributed by atoms with Gasteiger partial charge in [0.25, 0.3) is 0 Å². The van der Waals surface area contributed by atoms with Crippen molar-refractivity contribution in [3.8, 4) is 0 Å². The first-order valence-corrected chi connectivity index (χ1v) is 7.58. The molecule has 1 aromatic heterocycles. The molecular formula is C16H15NO2S. The maximum absolute atomic E-state index is 11.9. The number of rotatable bonds is 1. The van der Waals surface area contributed by atoms with Crippen molar-refractivity contribution in [1.29, 1.82) is 0 Å². The molecule has 1 aliphatic heterocycles. The summed E-state index contributed by atoms with van der Waals surface area (Å²) in [6.45, 7) is 2.39. The van der Waals surface area contributed by atoms with E-state index in [2.05, 4.69) is 17.1 Å². The standard InChI is InChI=1S/C16H15NO2S/c1-11-6-7-13(16(18)19-11)14-8-9-20-15-5-3-2-4-12(15)10-17-14/h2-7H,8-10H2,1H3. The molecule has 0 aliphatic carbocycles. The van der Waals surface area contributed by atoms with Crippen molar-refractivity contribution >= 4 is 17.5 Å². The molecule has 0 saturated heterocycles. The van der Waals surface area contributed by atoms with Gasteiger partial charge in [-0.15, -0.1) is 11.8 Å². The molecule has 4 heteroatoms. The van der Waals surface area contributed by atoms with Crippen LogP contribution in [0, 0.1) is 6.92 Å². The summed E-state index contributed by atoms with van der Waals surface area (Å²) in [7, 11) is 0. The Bertz CT molecular complexity index is 718. The number of hydrogen-bond donors (Lipinski definition) is 0. The molecule has 1 aliphatic rings. The molecule has 102 valence electrons. The monoisotopic (exact) mass is 285 g/mol. The summed E-state index contributed by atoms with van der Waals surface area (Å²) >= 11 is 1.82. The topological polar surface area (TPSA) is 42.6 Å². The first kappa shape index (κ1) is 13.2. The molecule has 2 heterocycles. The molecular weight excluding hydrogens is 270 g/mol. The lowest BCUT2D eigenvalue weighted by Crippen LogP contribution is -2.16. The normalized spacial score (nSPS) is 14.9. The van der Waals surface area contributed by atoms with E-state index in [1.165, 1.54) is 10.5 Å². The maximum Gasteiger partial charge on any atom is 0.345 e. The van der Waals surface area contributed by atoms with Crippen molar-refractivity contribution in [2.45, 2.75) is 24.8 Å². The second kappa shape index (κ2) is 5.67. The van der Waals surface area contributed by atoms with Crippen molar-refractivity contribution in [3.63, 3.8) is 0 Å². The summed E-state index contributed by atoms with van der Waals surface area (Å²) in [6.07, 6.45) is 0.785. The van der Waals surface area contributed by atoms with Gasteiger partial charge in [0.15, 0.2) is 0 Å². The highest BCUT2D eigenvalue weighted by molar-refractivity contribution is 7.99. The largest absolute Gasteiger partial charge is 0.428 e. The van der Waals surface area contributed by atoms with Crippen LogP contribution in [0.25, 0.3) is 0 Å². The molecule has 0 unspecified atom stereocenters. The summed E-state index contributed by atoms with van der Waals surface area (Å²) in [5.74, 6) is 1.55. The Kier molecular flexibility index (Phi) is 3.74. The van der Waals surface area contributed by atoms with Gasteiger partial charge in [0, 0.05) is 10.6 Å². The van der Waals surface area contributed by atoms with Crippen molar-refractivity contribution in [2.24, 2.45) is 4.99 Å². The van der Waals surface area contributed by atoms with E-state index in [1.807, 2.05) is 36.0 Å². The number of thioether (sulfide) groups is 1. The van der Waals surface area contributed by atoms with Crippen molar-refractivity contribution in [1.82, 2.24) is 0 Å². The zero-order chi connectivity index (χ0) is 13.9. The van der Waals surface area contributed by atoms with Gasteiger partial charge in [-0.1, -0.05) is 18.2 Å². The van der Waals surface area contributed by atoms with Crippen LogP contribution in [0.1, 0.15) is 23.3 Å². The number of aryl methyl sites for hydroxylation is 1. The van der Waals surface area contributed by atoms with Gasteiger partial charge in [0.05, 0.1) is 17.8 Å². The minimum Gasteiger partial charge on any atom is -0.428 e. The molecule has 3 rings (SSSR count). The Balaban J connectivity index is 1.97. The third-order valence-corrected chi connectivity index (χ3v) is 4.40. The molecule has 0 amide bonds. The van der Waals surface area contributed by atoms with Crippen LogP contribution >= 0.6 is 11.8 Å². The average molecular weight is 285 g/mol. The lowest BCUT2D eigenvalue weighted by Gasteiger charge is -2.13. The summed E-state index contributed by atoms with van der Waals surface area (Å²) in [5.41, 5.74) is 2.37. The molecule has 1 aromatic carbocycles. The van der Waals surface area contributed by atoms with Crippen LogP contribution in [-0.4, -0.2) is 11.5 Å². The quantitative estimate of drug-likeness (QED) is 0.806. The summed E-state index contributed by atoms with van der Waals surface area (Å²) in [4.78, 5) is 17.8. The number of nitrogens with zero attached hydrogens (tertiary/aromatic N) is 1. The van der Waals surface area contributed by atoms with Crippen LogP contribution < -0.4 is 5.63 Å². The van der Waals surface area contributed by atoms with Gasteiger partial charge in [0.1, 0.15) is 5.76 Å². The van der Waals surface area contributed by atoms with Gasteiger partial charge in [-0.05, 0) is 37.1 Å². The van der Waals surface area contributed by atoms with Crippen molar-refractivity contribution < 1.29 is 4.42 Å². The van der Waals surface area contributed by atoms with E-state index < -0.39 is 0 Å².